The fourth-order valence-electron chi connectivity index (χ4n) is 1.56. The van der Waals surface area contributed by atoms with Crippen molar-refractivity contribution >= 4 is 22.9 Å². The Hall–Kier alpha value is -0.900. The molecule has 1 nitrogen and oxygen atoms in total. The van der Waals surface area contributed by atoms with Crippen LogP contribution in [0.15, 0.2) is 35.7 Å². The smallest absolute Gasteiger partial charge is 0.142 e. The van der Waals surface area contributed by atoms with E-state index in [0.29, 0.717) is 6.54 Å². The Morgan fingerprint density at radius 1 is 1.41 bits per heavy atom. The van der Waals surface area contributed by atoms with Crippen LogP contribution in [-0.2, 0) is 6.54 Å². The molecule has 0 aliphatic rings. The summed E-state index contributed by atoms with van der Waals surface area (Å²) in [5.41, 5.74) is 0.898. The lowest BCUT2D eigenvalue weighted by Crippen LogP contribution is -2.17. The molecule has 2 aromatic rings. The van der Waals surface area contributed by atoms with E-state index in [-0.39, 0.29) is 16.9 Å². The Morgan fingerprint density at radius 3 is 2.88 bits per heavy atom. The molecule has 0 fully saturated rings. The molecule has 2 rings (SSSR count). The molecule has 0 amide bonds. The van der Waals surface area contributed by atoms with Crippen LogP contribution in [0.1, 0.15) is 23.4 Å². The van der Waals surface area contributed by atoms with Crippen molar-refractivity contribution in [2.75, 3.05) is 0 Å². The standard InChI is InChI=1S/C13H13ClFNS/c1-9(13-3-2-6-17-13)16-8-10-4-5-11(14)12(15)7-10/h2-7,9,16H,8H2,1H3/t9-/m1/s1. The fourth-order valence-corrected chi connectivity index (χ4v) is 2.44. The number of thiophene rings is 1. The van der Waals surface area contributed by atoms with E-state index in [4.69, 9.17) is 11.6 Å². The second-order valence-electron chi connectivity index (χ2n) is 3.87. The van der Waals surface area contributed by atoms with Crippen LogP contribution in [0.5, 0.6) is 0 Å². The van der Waals surface area contributed by atoms with E-state index in [1.165, 1.54) is 10.9 Å². The van der Waals surface area contributed by atoms with Crippen molar-refractivity contribution in [3.05, 3.63) is 57.0 Å². The zero-order valence-corrected chi connectivity index (χ0v) is 11.0. The van der Waals surface area contributed by atoms with Crippen LogP contribution in [-0.4, -0.2) is 0 Å². The van der Waals surface area contributed by atoms with E-state index in [2.05, 4.69) is 23.7 Å². The lowest BCUT2D eigenvalue weighted by atomic mass is 10.2. The van der Waals surface area contributed by atoms with Gasteiger partial charge < -0.3 is 5.32 Å². The summed E-state index contributed by atoms with van der Waals surface area (Å²) in [5.74, 6) is -0.366. The van der Waals surface area contributed by atoms with Crippen molar-refractivity contribution in [2.45, 2.75) is 19.5 Å². The lowest BCUT2D eigenvalue weighted by molar-refractivity contribution is 0.576. The number of hydrogen-bond acceptors (Lipinski definition) is 2. The van der Waals surface area contributed by atoms with Gasteiger partial charge in [-0.2, -0.15) is 0 Å². The molecule has 0 aliphatic carbocycles. The van der Waals surface area contributed by atoms with Gasteiger partial charge in [-0.15, -0.1) is 11.3 Å². The van der Waals surface area contributed by atoms with Crippen LogP contribution in [0.4, 0.5) is 4.39 Å². The van der Waals surface area contributed by atoms with E-state index >= 15 is 0 Å². The predicted molar refractivity (Wildman–Crippen MR) is 71.0 cm³/mol. The minimum Gasteiger partial charge on any atom is -0.305 e. The first kappa shape index (κ1) is 12.6. The van der Waals surface area contributed by atoms with Crippen LogP contribution in [0.25, 0.3) is 0 Å². The number of hydrogen-bond donors (Lipinski definition) is 1. The van der Waals surface area contributed by atoms with E-state index in [9.17, 15) is 4.39 Å². The second kappa shape index (κ2) is 5.63. The molecule has 0 saturated heterocycles. The van der Waals surface area contributed by atoms with Crippen LogP contribution in [0.2, 0.25) is 5.02 Å². The van der Waals surface area contributed by atoms with Crippen molar-refractivity contribution < 1.29 is 4.39 Å². The maximum Gasteiger partial charge on any atom is 0.142 e. The summed E-state index contributed by atoms with van der Waals surface area (Å²) in [6, 6.07) is 9.28. The van der Waals surface area contributed by atoms with Gasteiger partial charge in [-0.05, 0) is 36.1 Å². The van der Waals surface area contributed by atoms with Crippen molar-refractivity contribution in [1.29, 1.82) is 0 Å². The molecule has 0 saturated carbocycles. The van der Waals surface area contributed by atoms with Gasteiger partial charge in [-0.3, -0.25) is 0 Å². The molecule has 1 aromatic carbocycles. The largest absolute Gasteiger partial charge is 0.305 e. The van der Waals surface area contributed by atoms with E-state index in [1.54, 1.807) is 17.4 Å². The summed E-state index contributed by atoms with van der Waals surface area (Å²) in [4.78, 5) is 1.28. The van der Waals surface area contributed by atoms with Gasteiger partial charge in [0.15, 0.2) is 0 Å². The predicted octanol–water partition coefficient (Wildman–Crippen LogP) is 4.39. The molecule has 0 unspecified atom stereocenters. The summed E-state index contributed by atoms with van der Waals surface area (Å²) >= 11 is 7.34. The zero-order chi connectivity index (χ0) is 12.3. The normalized spacial score (nSPS) is 12.6. The number of nitrogens with one attached hydrogen (secondary N) is 1. The first-order valence-electron chi connectivity index (χ1n) is 5.37. The third kappa shape index (κ3) is 3.28. The van der Waals surface area contributed by atoms with Crippen molar-refractivity contribution in [1.82, 2.24) is 5.32 Å². The molecule has 4 heteroatoms. The van der Waals surface area contributed by atoms with Crippen LogP contribution in [0, 0.1) is 5.82 Å². The third-order valence-electron chi connectivity index (χ3n) is 2.57. The summed E-state index contributed by atoms with van der Waals surface area (Å²) in [6.07, 6.45) is 0. The van der Waals surface area contributed by atoms with E-state index < -0.39 is 0 Å². The van der Waals surface area contributed by atoms with Crippen molar-refractivity contribution in [3.8, 4) is 0 Å². The highest BCUT2D eigenvalue weighted by molar-refractivity contribution is 7.10. The molecule has 0 radical (unpaired) electrons. The highest BCUT2D eigenvalue weighted by Gasteiger charge is 2.06. The van der Waals surface area contributed by atoms with Gasteiger partial charge in [-0.25, -0.2) is 4.39 Å². The Kier molecular flexibility index (Phi) is 4.15. The SMILES string of the molecule is C[C@@H](NCc1ccc(Cl)c(F)c1)c1cccs1. The first-order valence-corrected chi connectivity index (χ1v) is 6.63. The number of halogens is 2. The molecular formula is C13H13ClFNS. The maximum absolute atomic E-state index is 13.2. The Bertz CT molecular complexity index is 484. The van der Waals surface area contributed by atoms with E-state index in [0.717, 1.165) is 5.56 Å². The molecule has 0 bridgehead atoms. The number of rotatable bonds is 4. The summed E-state index contributed by atoms with van der Waals surface area (Å²) in [7, 11) is 0. The molecule has 1 aromatic heterocycles. The molecule has 0 spiro atoms. The minimum absolute atomic E-state index is 0.167. The first-order chi connectivity index (χ1) is 8.16. The van der Waals surface area contributed by atoms with Crippen LogP contribution >= 0.6 is 22.9 Å². The molecule has 0 aliphatic heterocycles. The Labute approximate surface area is 109 Å². The van der Waals surface area contributed by atoms with Crippen LogP contribution < -0.4 is 5.32 Å². The Balaban J connectivity index is 1.96. The number of benzene rings is 1. The second-order valence-corrected chi connectivity index (χ2v) is 5.25. The quantitative estimate of drug-likeness (QED) is 0.868. The summed E-state index contributed by atoms with van der Waals surface area (Å²) < 4.78 is 13.2. The topological polar surface area (TPSA) is 12.0 Å². The zero-order valence-electron chi connectivity index (χ0n) is 9.41. The van der Waals surface area contributed by atoms with Gasteiger partial charge in [-0.1, -0.05) is 23.7 Å². The fraction of sp³-hybridized carbons (Fsp3) is 0.231. The highest BCUT2D eigenvalue weighted by atomic mass is 35.5. The Morgan fingerprint density at radius 2 is 2.24 bits per heavy atom. The third-order valence-corrected chi connectivity index (χ3v) is 3.93. The molecule has 1 N–H and O–H groups in total. The summed E-state index contributed by atoms with van der Waals surface area (Å²) in [6.45, 7) is 2.73. The monoisotopic (exact) mass is 269 g/mol. The average molecular weight is 270 g/mol. The lowest BCUT2D eigenvalue weighted by Gasteiger charge is -2.12. The van der Waals surface area contributed by atoms with Gasteiger partial charge in [0.05, 0.1) is 5.02 Å². The molecular weight excluding hydrogens is 257 g/mol. The van der Waals surface area contributed by atoms with E-state index in [1.807, 2.05) is 12.1 Å². The molecule has 1 atom stereocenters. The highest BCUT2D eigenvalue weighted by Crippen LogP contribution is 2.19. The van der Waals surface area contributed by atoms with Gasteiger partial charge in [0, 0.05) is 17.5 Å². The minimum atomic E-state index is -0.366. The van der Waals surface area contributed by atoms with Gasteiger partial charge in [0.2, 0.25) is 0 Å². The average Bonchev–Trinajstić information content (AvgIpc) is 2.84. The molecule has 1 heterocycles. The maximum atomic E-state index is 13.2. The van der Waals surface area contributed by atoms with Crippen molar-refractivity contribution in [3.63, 3.8) is 0 Å². The van der Waals surface area contributed by atoms with Gasteiger partial charge in [0.1, 0.15) is 5.82 Å². The molecule has 90 valence electrons. The van der Waals surface area contributed by atoms with Gasteiger partial charge in [0.25, 0.3) is 0 Å². The van der Waals surface area contributed by atoms with Crippen molar-refractivity contribution in [2.24, 2.45) is 0 Å². The van der Waals surface area contributed by atoms with Gasteiger partial charge >= 0.3 is 0 Å². The molecule has 17 heavy (non-hydrogen) atoms. The van der Waals surface area contributed by atoms with Crippen LogP contribution in [0.3, 0.4) is 0 Å². The summed E-state index contributed by atoms with van der Waals surface area (Å²) in [5, 5.41) is 5.57.